The fourth-order valence-electron chi connectivity index (χ4n) is 0.117. The fourth-order valence-corrected chi connectivity index (χ4v) is 0.117. The average Bonchev–Trinajstić information content (AvgIpc) is 1.90. The topological polar surface area (TPSA) is 112 Å². The molecular formula is C6H12N2O4. The molecule has 0 aromatic heterocycles. The van der Waals surface area contributed by atoms with Gasteiger partial charge in [-0.1, -0.05) is 6.58 Å². The summed E-state index contributed by atoms with van der Waals surface area (Å²) in [6, 6.07) is -0.833. The van der Waals surface area contributed by atoms with Gasteiger partial charge in [0.25, 0.3) is 0 Å². The summed E-state index contributed by atoms with van der Waals surface area (Å²) < 4.78 is 4.17. The molecule has 0 saturated carbocycles. The molecule has 0 unspecified atom stereocenters. The third kappa shape index (κ3) is 315. The number of ether oxygens (including phenoxy) is 1. The van der Waals surface area contributed by atoms with Gasteiger partial charge in [0.15, 0.2) is 0 Å². The van der Waals surface area contributed by atoms with E-state index in [9.17, 15) is 4.79 Å². The second-order valence-electron chi connectivity index (χ2n) is 1.18. The van der Waals surface area contributed by atoms with E-state index in [0.29, 0.717) is 0 Å². The van der Waals surface area contributed by atoms with Crippen LogP contribution in [0.25, 0.3) is 0 Å². The average molecular weight is 176 g/mol. The Hall–Kier alpha value is -1.85. The van der Waals surface area contributed by atoms with Gasteiger partial charge in [-0.15, -0.1) is 0 Å². The number of hydrogen-bond acceptors (Lipinski definition) is 4. The highest BCUT2D eigenvalue weighted by Crippen LogP contribution is 1.70. The predicted octanol–water partition coefficient (Wildman–Crippen LogP) is -0.468. The van der Waals surface area contributed by atoms with E-state index in [4.69, 9.17) is 9.59 Å². The Morgan fingerprint density at radius 1 is 1.33 bits per heavy atom. The molecule has 0 aliphatic carbocycles. The highest BCUT2D eigenvalue weighted by Gasteiger charge is 1.79. The SMILES string of the molecule is C=COC(C)=O.C=O.NC(N)=O. The van der Waals surface area contributed by atoms with Gasteiger partial charge in [-0.05, 0) is 0 Å². The molecule has 0 atom stereocenters. The molecule has 12 heavy (non-hydrogen) atoms. The van der Waals surface area contributed by atoms with Gasteiger partial charge in [0.2, 0.25) is 0 Å². The van der Waals surface area contributed by atoms with E-state index in [1.807, 2.05) is 6.79 Å². The number of carbonyl (C=O) groups is 3. The first-order valence-electron chi connectivity index (χ1n) is 2.62. The zero-order valence-electron chi connectivity index (χ0n) is 6.78. The van der Waals surface area contributed by atoms with Crippen LogP contribution in [0.15, 0.2) is 12.8 Å². The van der Waals surface area contributed by atoms with E-state index in [2.05, 4.69) is 22.8 Å². The lowest BCUT2D eigenvalue weighted by Crippen LogP contribution is -2.18. The van der Waals surface area contributed by atoms with Crippen molar-refractivity contribution in [2.45, 2.75) is 6.92 Å². The molecule has 2 amide bonds. The van der Waals surface area contributed by atoms with Crippen molar-refractivity contribution < 1.29 is 19.1 Å². The molecule has 0 rings (SSSR count). The van der Waals surface area contributed by atoms with Crippen LogP contribution in [0.3, 0.4) is 0 Å². The van der Waals surface area contributed by atoms with Crippen LogP contribution in [-0.2, 0) is 14.3 Å². The lowest BCUT2D eigenvalue weighted by atomic mass is 10.8. The van der Waals surface area contributed by atoms with E-state index < -0.39 is 6.03 Å². The fraction of sp³-hybridized carbons (Fsp3) is 0.167. The number of esters is 1. The first-order chi connectivity index (χ1) is 5.50. The molecule has 0 saturated heterocycles. The van der Waals surface area contributed by atoms with Crippen LogP contribution < -0.4 is 11.5 Å². The number of carbonyl (C=O) groups excluding carboxylic acids is 3. The number of amides is 2. The van der Waals surface area contributed by atoms with Crippen molar-refractivity contribution in [3.8, 4) is 0 Å². The van der Waals surface area contributed by atoms with Crippen molar-refractivity contribution in [3.63, 3.8) is 0 Å². The quantitative estimate of drug-likeness (QED) is 0.415. The van der Waals surface area contributed by atoms with Crippen molar-refractivity contribution in [1.29, 1.82) is 0 Å². The van der Waals surface area contributed by atoms with Crippen LogP contribution >= 0.6 is 0 Å². The molecule has 0 aromatic rings. The molecule has 0 spiro atoms. The number of hydrogen-bond donors (Lipinski definition) is 2. The van der Waals surface area contributed by atoms with Crippen molar-refractivity contribution in [1.82, 2.24) is 0 Å². The second-order valence-corrected chi connectivity index (χ2v) is 1.18. The molecule has 0 aliphatic rings. The Balaban J connectivity index is -0.000000118. The summed E-state index contributed by atoms with van der Waals surface area (Å²) in [7, 11) is 0. The van der Waals surface area contributed by atoms with E-state index in [-0.39, 0.29) is 5.97 Å². The third-order valence-electron chi connectivity index (χ3n) is 0.249. The van der Waals surface area contributed by atoms with E-state index in [1.165, 1.54) is 6.92 Å². The summed E-state index contributed by atoms with van der Waals surface area (Å²) in [5, 5.41) is 0. The van der Waals surface area contributed by atoms with Gasteiger partial charge in [-0.3, -0.25) is 4.79 Å². The molecule has 0 heterocycles. The lowest BCUT2D eigenvalue weighted by Gasteiger charge is -1.83. The molecule has 0 aromatic carbocycles. The normalized spacial score (nSPS) is 5.75. The summed E-state index contributed by atoms with van der Waals surface area (Å²) in [5.41, 5.74) is 8.50. The smallest absolute Gasteiger partial charge is 0.309 e. The van der Waals surface area contributed by atoms with Gasteiger partial charge in [-0.2, -0.15) is 0 Å². The summed E-state index contributed by atoms with van der Waals surface area (Å²) in [4.78, 5) is 26.8. The first kappa shape index (κ1) is 16.6. The summed E-state index contributed by atoms with van der Waals surface area (Å²) >= 11 is 0. The Bertz CT molecular complexity index is 142. The summed E-state index contributed by atoms with van der Waals surface area (Å²) in [6.07, 6.45) is 1.10. The summed E-state index contributed by atoms with van der Waals surface area (Å²) in [5.74, 6) is -0.329. The summed E-state index contributed by atoms with van der Waals surface area (Å²) in [6.45, 7) is 6.48. The van der Waals surface area contributed by atoms with Crippen LogP contribution in [0.4, 0.5) is 4.79 Å². The van der Waals surface area contributed by atoms with Gasteiger partial charge in [0.05, 0.1) is 6.26 Å². The molecule has 4 N–H and O–H groups in total. The number of urea groups is 1. The van der Waals surface area contributed by atoms with Crippen molar-refractivity contribution >= 4 is 18.8 Å². The van der Waals surface area contributed by atoms with Gasteiger partial charge in [0.1, 0.15) is 6.79 Å². The van der Waals surface area contributed by atoms with E-state index >= 15 is 0 Å². The molecular weight excluding hydrogens is 164 g/mol. The molecule has 0 aliphatic heterocycles. The number of primary amides is 2. The highest BCUT2D eigenvalue weighted by molar-refractivity contribution is 5.69. The molecule has 70 valence electrons. The standard InChI is InChI=1S/C4H6O2.CH4N2O.CH2O/c1-3-6-4(2)5;2-1(3)4;1-2/h3H,1H2,2H3;(H4,2,3,4);1H2. The Morgan fingerprint density at radius 3 is 1.58 bits per heavy atom. The maximum Gasteiger partial charge on any atom is 0.309 e. The largest absolute Gasteiger partial charge is 0.435 e. The first-order valence-corrected chi connectivity index (χ1v) is 2.62. The van der Waals surface area contributed by atoms with Crippen LogP contribution in [-0.4, -0.2) is 18.8 Å². The molecule has 0 fully saturated rings. The third-order valence-corrected chi connectivity index (χ3v) is 0.249. The molecule has 6 heteroatoms. The van der Waals surface area contributed by atoms with Gasteiger partial charge in [0, 0.05) is 6.92 Å². The van der Waals surface area contributed by atoms with Crippen LogP contribution in [0.5, 0.6) is 0 Å². The molecule has 0 radical (unpaired) electrons. The van der Waals surface area contributed by atoms with Gasteiger partial charge >= 0.3 is 12.0 Å². The van der Waals surface area contributed by atoms with E-state index in [1.54, 1.807) is 0 Å². The minimum atomic E-state index is -0.833. The van der Waals surface area contributed by atoms with Crippen molar-refractivity contribution in [2.24, 2.45) is 11.5 Å². The number of nitrogens with two attached hydrogens (primary N) is 2. The lowest BCUT2D eigenvalue weighted by molar-refractivity contribution is -0.135. The van der Waals surface area contributed by atoms with E-state index in [0.717, 1.165) is 6.26 Å². The van der Waals surface area contributed by atoms with Crippen molar-refractivity contribution in [2.75, 3.05) is 0 Å². The van der Waals surface area contributed by atoms with Gasteiger partial charge in [-0.25, -0.2) is 4.79 Å². The zero-order chi connectivity index (χ0) is 10.6. The highest BCUT2D eigenvalue weighted by atomic mass is 16.5. The van der Waals surface area contributed by atoms with Crippen LogP contribution in [0.2, 0.25) is 0 Å². The maximum atomic E-state index is 9.75. The Morgan fingerprint density at radius 2 is 1.58 bits per heavy atom. The minimum absolute atomic E-state index is 0.329. The monoisotopic (exact) mass is 176 g/mol. The maximum absolute atomic E-state index is 9.75. The van der Waals surface area contributed by atoms with Gasteiger partial charge < -0.3 is 21.0 Å². The van der Waals surface area contributed by atoms with Crippen LogP contribution in [0.1, 0.15) is 6.92 Å². The number of rotatable bonds is 1. The Labute approximate surface area is 70.2 Å². The van der Waals surface area contributed by atoms with Crippen LogP contribution in [0, 0.1) is 0 Å². The zero-order valence-corrected chi connectivity index (χ0v) is 6.78. The van der Waals surface area contributed by atoms with Crippen molar-refractivity contribution in [3.05, 3.63) is 12.8 Å². The molecule has 0 bridgehead atoms. The molecule has 6 nitrogen and oxygen atoms in total. The second kappa shape index (κ2) is 16.1. The Kier molecular flexibility index (Phi) is 22.3. The minimum Gasteiger partial charge on any atom is -0.435 e. The predicted molar refractivity (Wildman–Crippen MR) is 42.9 cm³/mol.